The highest BCUT2D eigenvalue weighted by Gasteiger charge is 2.36. The van der Waals surface area contributed by atoms with E-state index < -0.39 is 18.1 Å². The Bertz CT molecular complexity index is 340. The van der Waals surface area contributed by atoms with Gasteiger partial charge in [0.15, 0.2) is 5.82 Å². The van der Waals surface area contributed by atoms with Crippen LogP contribution >= 0.6 is 0 Å². The molecule has 1 fully saturated rings. The number of hydrogen-bond donors (Lipinski definition) is 2. The fourth-order valence-corrected chi connectivity index (χ4v) is 1.75. The Hall–Kier alpha value is -1.47. The van der Waals surface area contributed by atoms with Crippen molar-refractivity contribution in [1.29, 1.82) is 0 Å². The lowest BCUT2D eigenvalue weighted by Crippen LogP contribution is -2.35. The van der Waals surface area contributed by atoms with Crippen molar-refractivity contribution in [2.45, 2.75) is 25.1 Å². The fraction of sp³-hybridized carbons (Fsp3) is 0.625. The van der Waals surface area contributed by atoms with Crippen LogP contribution in [-0.4, -0.2) is 49.9 Å². The lowest BCUT2D eigenvalue weighted by Gasteiger charge is -2.18. The molecule has 7 heteroatoms. The van der Waals surface area contributed by atoms with E-state index in [0.29, 0.717) is 12.4 Å². The number of carboxylic acid groups (broad SMARTS) is 1. The van der Waals surface area contributed by atoms with Crippen molar-refractivity contribution >= 4 is 5.97 Å². The first-order chi connectivity index (χ1) is 7.16. The number of nitrogens with zero attached hydrogens (tertiary/aromatic N) is 3. The molecule has 1 aliphatic heterocycles. The monoisotopic (exact) mass is 213 g/mol. The van der Waals surface area contributed by atoms with Gasteiger partial charge in [0.05, 0.1) is 12.6 Å². The van der Waals surface area contributed by atoms with Crippen LogP contribution in [0.5, 0.6) is 0 Å². The van der Waals surface area contributed by atoms with E-state index in [1.54, 1.807) is 4.90 Å². The zero-order chi connectivity index (χ0) is 10.8. The first-order valence-electron chi connectivity index (χ1n) is 4.57. The van der Waals surface area contributed by atoms with Gasteiger partial charge in [-0.15, -0.1) is 0 Å². The van der Waals surface area contributed by atoms with Gasteiger partial charge < -0.3 is 14.7 Å². The van der Waals surface area contributed by atoms with Crippen LogP contribution in [0.2, 0.25) is 0 Å². The Labute approximate surface area is 85.3 Å². The van der Waals surface area contributed by atoms with E-state index in [0.717, 1.165) is 0 Å². The quantitative estimate of drug-likeness (QED) is 0.670. The Balaban J connectivity index is 2.04. The van der Waals surface area contributed by atoms with Crippen LogP contribution in [0.3, 0.4) is 0 Å². The summed E-state index contributed by atoms with van der Waals surface area (Å²) in [7, 11) is 0. The third-order valence-corrected chi connectivity index (χ3v) is 2.42. The average molecular weight is 213 g/mol. The Kier molecular flexibility index (Phi) is 2.65. The third kappa shape index (κ3) is 2.13. The van der Waals surface area contributed by atoms with Crippen molar-refractivity contribution in [2.24, 2.45) is 0 Å². The minimum absolute atomic E-state index is 0.243. The predicted molar refractivity (Wildman–Crippen MR) is 46.8 cm³/mol. The number of carboxylic acids is 1. The number of carbonyl (C=O) groups is 1. The van der Waals surface area contributed by atoms with E-state index >= 15 is 0 Å². The summed E-state index contributed by atoms with van der Waals surface area (Å²) in [4.78, 5) is 16.3. The lowest BCUT2D eigenvalue weighted by molar-refractivity contribution is -0.142. The lowest BCUT2D eigenvalue weighted by atomic mass is 10.2. The molecule has 2 N–H and O–H groups in total. The van der Waals surface area contributed by atoms with Crippen LogP contribution in [0.15, 0.2) is 10.9 Å². The van der Waals surface area contributed by atoms with Crippen LogP contribution in [0, 0.1) is 0 Å². The number of β-amino-alcohol motifs (C(OH)–C–C–N with tert-alkyl or cyclic N) is 1. The molecule has 0 aliphatic carbocycles. The summed E-state index contributed by atoms with van der Waals surface area (Å²) in [5.41, 5.74) is 0. The van der Waals surface area contributed by atoms with Gasteiger partial charge in [0.1, 0.15) is 6.04 Å². The van der Waals surface area contributed by atoms with Gasteiger partial charge in [0.25, 0.3) is 0 Å². The Morgan fingerprint density at radius 2 is 2.53 bits per heavy atom. The van der Waals surface area contributed by atoms with Gasteiger partial charge in [-0.05, 0) is 0 Å². The van der Waals surface area contributed by atoms with Crippen LogP contribution < -0.4 is 0 Å². The summed E-state index contributed by atoms with van der Waals surface area (Å²) in [5, 5.41) is 21.9. The summed E-state index contributed by atoms with van der Waals surface area (Å²) >= 11 is 0. The molecule has 0 amide bonds. The third-order valence-electron chi connectivity index (χ3n) is 2.42. The van der Waals surface area contributed by atoms with Crippen LogP contribution in [0.1, 0.15) is 12.2 Å². The maximum atomic E-state index is 10.9. The van der Waals surface area contributed by atoms with Gasteiger partial charge in [-0.1, -0.05) is 5.16 Å². The molecule has 1 aromatic heterocycles. The summed E-state index contributed by atoms with van der Waals surface area (Å²) in [5.74, 6) is -0.509. The van der Waals surface area contributed by atoms with Crippen molar-refractivity contribution in [3.8, 4) is 0 Å². The van der Waals surface area contributed by atoms with Crippen molar-refractivity contribution in [2.75, 3.05) is 6.54 Å². The normalized spacial score (nSPS) is 27.0. The van der Waals surface area contributed by atoms with Gasteiger partial charge in [0, 0.05) is 13.0 Å². The first-order valence-corrected chi connectivity index (χ1v) is 4.57. The molecule has 0 saturated carbocycles. The molecule has 15 heavy (non-hydrogen) atoms. The summed E-state index contributed by atoms with van der Waals surface area (Å²) in [6.45, 7) is 0.607. The molecule has 0 bridgehead atoms. The average Bonchev–Trinajstić information content (AvgIpc) is 2.75. The van der Waals surface area contributed by atoms with Crippen molar-refractivity contribution in [3.63, 3.8) is 0 Å². The Morgan fingerprint density at radius 1 is 1.73 bits per heavy atom. The largest absolute Gasteiger partial charge is 0.480 e. The minimum atomic E-state index is -0.935. The first kappa shape index (κ1) is 10.1. The molecule has 1 saturated heterocycles. The van der Waals surface area contributed by atoms with E-state index in [1.165, 1.54) is 6.39 Å². The molecule has 82 valence electrons. The van der Waals surface area contributed by atoms with Gasteiger partial charge in [-0.3, -0.25) is 9.69 Å². The number of aliphatic carboxylic acids is 1. The second kappa shape index (κ2) is 3.95. The molecular weight excluding hydrogens is 202 g/mol. The van der Waals surface area contributed by atoms with Gasteiger partial charge >= 0.3 is 5.97 Å². The number of rotatable bonds is 3. The number of aliphatic hydroxyl groups is 1. The molecule has 0 radical (unpaired) electrons. The molecule has 2 heterocycles. The van der Waals surface area contributed by atoms with E-state index in [-0.39, 0.29) is 13.0 Å². The van der Waals surface area contributed by atoms with Crippen molar-refractivity contribution in [1.82, 2.24) is 15.0 Å². The number of likely N-dealkylation sites (tertiary alicyclic amines) is 1. The topological polar surface area (TPSA) is 99.7 Å². The zero-order valence-electron chi connectivity index (χ0n) is 7.91. The maximum Gasteiger partial charge on any atom is 0.321 e. The molecule has 0 spiro atoms. The standard InChI is InChI=1S/C8H11N3O4/c12-5-1-6(8(13)14)11(2-5)3-7-9-4-15-10-7/h4-6,12H,1-3H2,(H,13,14). The number of hydrogen-bond acceptors (Lipinski definition) is 6. The van der Waals surface area contributed by atoms with Gasteiger partial charge in [-0.25, -0.2) is 0 Å². The molecule has 0 aromatic carbocycles. The zero-order valence-corrected chi connectivity index (χ0v) is 7.91. The summed E-state index contributed by atoms with van der Waals surface area (Å²) in [6, 6.07) is -0.668. The number of aromatic nitrogens is 2. The molecule has 7 nitrogen and oxygen atoms in total. The van der Waals surface area contributed by atoms with Crippen molar-refractivity contribution in [3.05, 3.63) is 12.2 Å². The highest BCUT2D eigenvalue weighted by Crippen LogP contribution is 2.19. The highest BCUT2D eigenvalue weighted by atomic mass is 16.5. The molecule has 1 aromatic rings. The molecule has 2 atom stereocenters. The minimum Gasteiger partial charge on any atom is -0.480 e. The Morgan fingerprint density at radius 3 is 3.13 bits per heavy atom. The fourth-order valence-electron chi connectivity index (χ4n) is 1.75. The van der Waals surface area contributed by atoms with E-state index in [2.05, 4.69) is 14.7 Å². The molecule has 1 aliphatic rings. The predicted octanol–water partition coefficient (Wildman–Crippen LogP) is -0.911. The van der Waals surface area contributed by atoms with Crippen LogP contribution in [0.4, 0.5) is 0 Å². The van der Waals surface area contributed by atoms with E-state index in [9.17, 15) is 9.90 Å². The molecule has 2 unspecified atom stereocenters. The summed E-state index contributed by atoms with van der Waals surface area (Å²) in [6.07, 6.45) is 0.836. The smallest absolute Gasteiger partial charge is 0.321 e. The molecule has 2 rings (SSSR count). The second-order valence-electron chi connectivity index (χ2n) is 3.52. The van der Waals surface area contributed by atoms with Gasteiger partial charge in [-0.2, -0.15) is 4.98 Å². The van der Waals surface area contributed by atoms with Crippen LogP contribution in [0.25, 0.3) is 0 Å². The maximum absolute atomic E-state index is 10.9. The molecular formula is C8H11N3O4. The van der Waals surface area contributed by atoms with Gasteiger partial charge in [0.2, 0.25) is 6.39 Å². The van der Waals surface area contributed by atoms with Crippen LogP contribution in [-0.2, 0) is 11.3 Å². The van der Waals surface area contributed by atoms with E-state index in [1.807, 2.05) is 0 Å². The number of aliphatic hydroxyl groups excluding tert-OH is 1. The highest BCUT2D eigenvalue weighted by molar-refractivity contribution is 5.73. The summed E-state index contributed by atoms with van der Waals surface area (Å²) < 4.78 is 4.55. The van der Waals surface area contributed by atoms with E-state index in [4.69, 9.17) is 5.11 Å². The second-order valence-corrected chi connectivity index (χ2v) is 3.52. The van der Waals surface area contributed by atoms with Crippen molar-refractivity contribution < 1.29 is 19.5 Å². The SMILES string of the molecule is O=C(O)C1CC(O)CN1Cc1ncon1.